The molecule has 0 aromatic rings. The molecule has 1 unspecified atom stereocenters. The smallest absolute Gasteiger partial charge is 1.00 e. The summed E-state index contributed by atoms with van der Waals surface area (Å²) in [6.45, 7) is 11.6. The Hall–Kier alpha value is -1.23. The second kappa shape index (κ2) is 13.9. The Morgan fingerprint density at radius 1 is 0.929 bits per heavy atom. The molecule has 0 heterocycles. The predicted octanol–water partition coefficient (Wildman–Crippen LogP) is 2.49. The van der Waals surface area contributed by atoms with E-state index < -0.39 is 11.9 Å². The Morgan fingerprint density at radius 2 is 1.36 bits per heavy atom. The molecule has 4 nitrogen and oxygen atoms in total. The molecule has 0 fully saturated rings. The van der Waals surface area contributed by atoms with E-state index in [-0.39, 0.29) is 45.3 Å². The minimum atomic E-state index is -0.935. The minimum Gasteiger partial charge on any atom is -1.00 e. The Morgan fingerprint density at radius 3 is 1.82 bits per heavy atom. The standard InChI is InChI=1S/C14H19.2C4H6O2.ClH.Ti/c1-10-11-6-2-4-8-13(11)14-9-5-3-7-12(10)14;2*1-3(2)4(5)6;;/h6,10H,2-5,7-9H2,1H3;2*1H2,2H3,(H,5,6);1H;/q-1;;;;+2/p-1. The van der Waals surface area contributed by atoms with Gasteiger partial charge in [0.1, 0.15) is 0 Å². The predicted molar refractivity (Wildman–Crippen MR) is 105 cm³/mol. The summed E-state index contributed by atoms with van der Waals surface area (Å²) in [4.78, 5) is 19.2. The van der Waals surface area contributed by atoms with Gasteiger partial charge in [-0.2, -0.15) is 5.57 Å². The Balaban J connectivity index is 0. The number of carboxylic acid groups (broad SMARTS) is 2. The van der Waals surface area contributed by atoms with Crippen LogP contribution in [-0.2, 0) is 31.3 Å². The third-order valence-corrected chi connectivity index (χ3v) is 4.94. The molecule has 0 spiro atoms. The van der Waals surface area contributed by atoms with Gasteiger partial charge in [-0.3, -0.25) is 0 Å². The minimum absolute atomic E-state index is 0. The zero-order chi connectivity index (χ0) is 19.9. The Labute approximate surface area is 190 Å². The fourth-order valence-electron chi connectivity index (χ4n) is 3.51. The van der Waals surface area contributed by atoms with Crippen molar-refractivity contribution in [2.75, 3.05) is 0 Å². The number of hydrogen-bond donors (Lipinski definition) is 2. The van der Waals surface area contributed by atoms with Crippen LogP contribution in [0.2, 0.25) is 0 Å². The van der Waals surface area contributed by atoms with Crippen LogP contribution in [0.1, 0.15) is 65.7 Å². The summed E-state index contributed by atoms with van der Waals surface area (Å²) < 4.78 is 0. The molecule has 0 bridgehead atoms. The van der Waals surface area contributed by atoms with Crippen LogP contribution in [0, 0.1) is 12.3 Å². The molecule has 154 valence electrons. The maximum absolute atomic E-state index is 9.60. The monoisotopic (exact) mass is 442 g/mol. The fraction of sp³-hybridized carbons (Fsp3) is 0.500. The molecule has 28 heavy (non-hydrogen) atoms. The summed E-state index contributed by atoms with van der Waals surface area (Å²) in [7, 11) is 0. The molecule has 3 aliphatic carbocycles. The number of fused-ring (bicyclic) bond motifs is 1. The van der Waals surface area contributed by atoms with Crippen LogP contribution < -0.4 is 12.4 Å². The molecule has 0 saturated heterocycles. The molecular weight excluding hydrogens is 412 g/mol. The summed E-state index contributed by atoms with van der Waals surface area (Å²) in [5.74, 6) is -1.09. The van der Waals surface area contributed by atoms with E-state index in [9.17, 15) is 9.59 Å². The first-order valence-corrected chi connectivity index (χ1v) is 9.22. The van der Waals surface area contributed by atoms with Gasteiger partial charge in [-0.05, 0) is 39.0 Å². The summed E-state index contributed by atoms with van der Waals surface area (Å²) in [6, 6.07) is 0. The van der Waals surface area contributed by atoms with Crippen LogP contribution in [0.25, 0.3) is 0 Å². The fourth-order valence-corrected chi connectivity index (χ4v) is 3.51. The maximum atomic E-state index is 9.60. The van der Waals surface area contributed by atoms with Crippen LogP contribution in [0.5, 0.6) is 0 Å². The van der Waals surface area contributed by atoms with Crippen LogP contribution >= 0.6 is 0 Å². The number of rotatable bonds is 2. The van der Waals surface area contributed by atoms with Crippen LogP contribution in [0.4, 0.5) is 0 Å². The van der Waals surface area contributed by atoms with Crippen molar-refractivity contribution >= 4 is 11.9 Å². The van der Waals surface area contributed by atoms with Crippen molar-refractivity contribution in [2.45, 2.75) is 65.7 Å². The molecule has 3 rings (SSSR count). The number of halogens is 1. The van der Waals surface area contributed by atoms with E-state index in [2.05, 4.69) is 26.5 Å². The average Bonchev–Trinajstić information content (AvgIpc) is 2.89. The van der Waals surface area contributed by atoms with Gasteiger partial charge >= 0.3 is 33.7 Å². The van der Waals surface area contributed by atoms with Crippen molar-refractivity contribution in [2.24, 2.45) is 5.92 Å². The first-order chi connectivity index (χ1) is 12.2. The van der Waals surface area contributed by atoms with Crippen molar-refractivity contribution in [1.29, 1.82) is 0 Å². The normalized spacial score (nSPS) is 18.9. The van der Waals surface area contributed by atoms with Crippen molar-refractivity contribution < 1.29 is 53.9 Å². The van der Waals surface area contributed by atoms with Crippen molar-refractivity contribution in [3.05, 3.63) is 53.0 Å². The van der Waals surface area contributed by atoms with Crippen molar-refractivity contribution in [3.63, 3.8) is 0 Å². The molecule has 0 radical (unpaired) electrons. The summed E-state index contributed by atoms with van der Waals surface area (Å²) in [6.07, 6.45) is 12.2. The molecule has 0 saturated carbocycles. The van der Waals surface area contributed by atoms with E-state index >= 15 is 0 Å². The Bertz CT molecular complexity index is 581. The average molecular weight is 443 g/mol. The molecule has 0 aromatic heterocycles. The molecule has 0 aliphatic heterocycles. The third kappa shape index (κ3) is 8.42. The molecule has 0 amide bonds. The van der Waals surface area contributed by atoms with Gasteiger partial charge in [-0.25, -0.2) is 21.6 Å². The third-order valence-electron chi connectivity index (χ3n) is 4.94. The van der Waals surface area contributed by atoms with Crippen molar-refractivity contribution in [1.82, 2.24) is 0 Å². The topological polar surface area (TPSA) is 74.6 Å². The van der Waals surface area contributed by atoms with Crippen LogP contribution in [-0.4, -0.2) is 22.2 Å². The largest absolute Gasteiger partial charge is 2.00 e. The maximum Gasteiger partial charge on any atom is 2.00 e. The van der Waals surface area contributed by atoms with Crippen LogP contribution in [0.3, 0.4) is 0 Å². The van der Waals surface area contributed by atoms with Gasteiger partial charge in [0.05, 0.1) is 0 Å². The van der Waals surface area contributed by atoms with E-state index in [4.69, 9.17) is 10.2 Å². The summed E-state index contributed by atoms with van der Waals surface area (Å²) >= 11 is 0. The summed E-state index contributed by atoms with van der Waals surface area (Å²) in [5, 5.41) is 15.8. The summed E-state index contributed by atoms with van der Waals surface area (Å²) in [5.41, 5.74) is 7.42. The number of carbonyl (C=O) groups is 2. The Kier molecular flexibility index (Phi) is 14.4. The van der Waals surface area contributed by atoms with Gasteiger partial charge in [-0.1, -0.05) is 44.9 Å². The number of hydrogen-bond acceptors (Lipinski definition) is 2. The zero-order valence-electron chi connectivity index (χ0n) is 17.1. The quantitative estimate of drug-likeness (QED) is 0.391. The van der Waals surface area contributed by atoms with Gasteiger partial charge < -0.3 is 22.6 Å². The second-order valence-electron chi connectivity index (χ2n) is 7.13. The van der Waals surface area contributed by atoms with Gasteiger partial charge in [0.25, 0.3) is 0 Å². The molecular formula is C22H31ClO4Ti. The molecule has 1 atom stereocenters. The van der Waals surface area contributed by atoms with E-state index in [0.29, 0.717) is 0 Å². The SMILES string of the molecule is C=C(C)C(=O)O.C=C(C)C(=O)O.CC1C2=C(CCC[CH-]2)C2=C1CCCC2.[Cl-].[Ti+2]. The van der Waals surface area contributed by atoms with Crippen LogP contribution in [0.15, 0.2) is 46.6 Å². The number of allylic oxidation sites excluding steroid dienone is 4. The first-order valence-electron chi connectivity index (χ1n) is 9.22. The van der Waals surface area contributed by atoms with E-state index in [0.717, 1.165) is 5.92 Å². The second-order valence-corrected chi connectivity index (χ2v) is 7.13. The number of aliphatic carboxylic acids is 2. The molecule has 2 N–H and O–H groups in total. The van der Waals surface area contributed by atoms with Gasteiger partial charge in [0.2, 0.25) is 0 Å². The molecule has 3 aliphatic rings. The van der Waals surface area contributed by atoms with E-state index in [1.807, 2.05) is 0 Å². The van der Waals surface area contributed by atoms with Gasteiger partial charge in [-0.15, -0.1) is 12.0 Å². The van der Waals surface area contributed by atoms with E-state index in [1.165, 1.54) is 58.8 Å². The van der Waals surface area contributed by atoms with Gasteiger partial charge in [0, 0.05) is 11.1 Å². The van der Waals surface area contributed by atoms with Crippen molar-refractivity contribution in [3.8, 4) is 0 Å². The molecule has 0 aromatic carbocycles. The zero-order valence-corrected chi connectivity index (χ0v) is 19.4. The number of carboxylic acids is 2. The first kappa shape index (κ1) is 29.0. The van der Waals surface area contributed by atoms with E-state index in [1.54, 1.807) is 22.3 Å². The van der Waals surface area contributed by atoms with Gasteiger partial charge in [0.15, 0.2) is 0 Å². The molecule has 6 heteroatoms.